The van der Waals surface area contributed by atoms with E-state index < -0.39 is 0 Å². The maximum atomic E-state index is 12.9. The molecule has 1 aliphatic rings. The molecule has 0 spiro atoms. The Kier molecular flexibility index (Phi) is 3.59. The lowest BCUT2D eigenvalue weighted by Crippen LogP contribution is -2.30. The van der Waals surface area contributed by atoms with Gasteiger partial charge in [-0.2, -0.15) is 0 Å². The molecule has 0 unspecified atom stereocenters. The van der Waals surface area contributed by atoms with Gasteiger partial charge in [0.25, 0.3) is 5.91 Å². The van der Waals surface area contributed by atoms with Crippen molar-refractivity contribution in [1.82, 2.24) is 0 Å². The molecular formula is C16H15BrN2O2. The third-order valence-corrected chi connectivity index (χ3v) is 4.38. The van der Waals surface area contributed by atoms with E-state index in [1.165, 1.54) is 5.56 Å². The van der Waals surface area contributed by atoms with Crippen LogP contribution in [0.15, 0.2) is 40.9 Å². The molecule has 108 valence electrons. The number of nitrogens with zero attached hydrogens (tertiary/aromatic N) is 1. The number of halogens is 1. The maximum Gasteiger partial charge on any atom is 0.261 e. The summed E-state index contributed by atoms with van der Waals surface area (Å²) < 4.78 is 5.88. The topological polar surface area (TPSA) is 55.6 Å². The van der Waals surface area contributed by atoms with E-state index in [0.717, 1.165) is 12.1 Å². The second kappa shape index (κ2) is 5.41. The van der Waals surface area contributed by atoms with Crippen LogP contribution in [0.25, 0.3) is 0 Å². The molecule has 3 rings (SSSR count). The number of nitrogens with two attached hydrogens (primary N) is 1. The van der Waals surface area contributed by atoms with Crippen molar-refractivity contribution in [3.63, 3.8) is 0 Å². The molecular weight excluding hydrogens is 332 g/mol. The van der Waals surface area contributed by atoms with Gasteiger partial charge < -0.3 is 15.4 Å². The van der Waals surface area contributed by atoms with Crippen molar-refractivity contribution in [2.75, 3.05) is 24.3 Å². The Balaban J connectivity index is 2.05. The predicted molar refractivity (Wildman–Crippen MR) is 86.9 cm³/mol. The number of anilines is 2. The van der Waals surface area contributed by atoms with Gasteiger partial charge in [-0.05, 0) is 46.1 Å². The predicted octanol–water partition coefficient (Wildman–Crippen LogP) is 3.24. The maximum absolute atomic E-state index is 12.9. The van der Waals surface area contributed by atoms with E-state index in [2.05, 4.69) is 15.9 Å². The number of fused-ring (bicyclic) bond motifs is 1. The molecule has 0 atom stereocenters. The first-order valence-electron chi connectivity index (χ1n) is 6.65. The highest BCUT2D eigenvalue weighted by Crippen LogP contribution is 2.35. The highest BCUT2D eigenvalue weighted by atomic mass is 79.9. The summed E-state index contributed by atoms with van der Waals surface area (Å²) in [6, 6.07) is 11.5. The SMILES string of the molecule is COc1ccc(Br)c(C(=O)N2CCc3ccccc32)c1N. The minimum atomic E-state index is -0.108. The highest BCUT2D eigenvalue weighted by molar-refractivity contribution is 9.10. The number of amides is 1. The number of nitrogen functional groups attached to an aromatic ring is 1. The molecule has 0 fully saturated rings. The number of rotatable bonds is 2. The van der Waals surface area contributed by atoms with Gasteiger partial charge in [-0.1, -0.05) is 18.2 Å². The summed E-state index contributed by atoms with van der Waals surface area (Å²) in [6.07, 6.45) is 0.864. The lowest BCUT2D eigenvalue weighted by Gasteiger charge is -2.20. The smallest absolute Gasteiger partial charge is 0.261 e. The van der Waals surface area contributed by atoms with Crippen LogP contribution in [0.5, 0.6) is 5.75 Å². The van der Waals surface area contributed by atoms with Gasteiger partial charge in [-0.15, -0.1) is 0 Å². The van der Waals surface area contributed by atoms with Crippen molar-refractivity contribution < 1.29 is 9.53 Å². The molecule has 0 saturated heterocycles. The van der Waals surface area contributed by atoms with E-state index in [1.807, 2.05) is 24.3 Å². The largest absolute Gasteiger partial charge is 0.495 e. The Labute approximate surface area is 131 Å². The van der Waals surface area contributed by atoms with Gasteiger partial charge in [0, 0.05) is 16.7 Å². The number of hydrogen-bond donors (Lipinski definition) is 1. The molecule has 0 aromatic heterocycles. The minimum Gasteiger partial charge on any atom is -0.495 e. The number of carbonyl (C=O) groups excluding carboxylic acids is 1. The van der Waals surface area contributed by atoms with Gasteiger partial charge in [0.2, 0.25) is 0 Å². The molecule has 2 aromatic rings. The molecule has 5 heteroatoms. The monoisotopic (exact) mass is 346 g/mol. The van der Waals surface area contributed by atoms with Crippen LogP contribution in [0.4, 0.5) is 11.4 Å². The first kappa shape index (κ1) is 13.9. The second-order valence-corrected chi connectivity index (χ2v) is 5.73. The number of carbonyl (C=O) groups is 1. The molecule has 0 saturated carbocycles. The van der Waals surface area contributed by atoms with Crippen LogP contribution in [0, 0.1) is 0 Å². The number of ether oxygens (including phenoxy) is 1. The highest BCUT2D eigenvalue weighted by Gasteiger charge is 2.28. The van der Waals surface area contributed by atoms with Crippen LogP contribution in [0.3, 0.4) is 0 Å². The van der Waals surface area contributed by atoms with Crippen molar-refractivity contribution in [3.05, 3.63) is 52.0 Å². The summed E-state index contributed by atoms with van der Waals surface area (Å²) in [5.74, 6) is 0.400. The zero-order chi connectivity index (χ0) is 15.0. The van der Waals surface area contributed by atoms with Gasteiger partial charge in [-0.25, -0.2) is 0 Å². The fourth-order valence-corrected chi connectivity index (χ4v) is 3.17. The number of methoxy groups -OCH3 is 1. The second-order valence-electron chi connectivity index (χ2n) is 4.87. The lowest BCUT2D eigenvalue weighted by molar-refractivity contribution is 0.0989. The van der Waals surface area contributed by atoms with E-state index in [-0.39, 0.29) is 5.91 Å². The van der Waals surface area contributed by atoms with Gasteiger partial charge in [-0.3, -0.25) is 4.79 Å². The average molecular weight is 347 g/mol. The summed E-state index contributed by atoms with van der Waals surface area (Å²) in [7, 11) is 1.54. The number of hydrogen-bond acceptors (Lipinski definition) is 3. The van der Waals surface area contributed by atoms with E-state index in [1.54, 1.807) is 24.1 Å². The lowest BCUT2D eigenvalue weighted by atomic mass is 10.1. The molecule has 2 aromatic carbocycles. The molecule has 0 bridgehead atoms. The number of benzene rings is 2. The Morgan fingerprint density at radius 2 is 2.05 bits per heavy atom. The van der Waals surface area contributed by atoms with Crippen LogP contribution < -0.4 is 15.4 Å². The van der Waals surface area contributed by atoms with E-state index in [4.69, 9.17) is 10.5 Å². The molecule has 1 heterocycles. The fourth-order valence-electron chi connectivity index (χ4n) is 2.65. The normalized spacial score (nSPS) is 13.1. The first-order valence-corrected chi connectivity index (χ1v) is 7.44. The zero-order valence-corrected chi connectivity index (χ0v) is 13.2. The summed E-state index contributed by atoms with van der Waals surface area (Å²) in [5.41, 5.74) is 9.03. The third-order valence-electron chi connectivity index (χ3n) is 3.72. The Morgan fingerprint density at radius 3 is 2.81 bits per heavy atom. The quantitative estimate of drug-likeness (QED) is 0.849. The number of para-hydroxylation sites is 1. The zero-order valence-electron chi connectivity index (χ0n) is 11.6. The van der Waals surface area contributed by atoms with Crippen molar-refractivity contribution in [1.29, 1.82) is 0 Å². The van der Waals surface area contributed by atoms with E-state index in [0.29, 0.717) is 28.0 Å². The van der Waals surface area contributed by atoms with Crippen LogP contribution in [-0.2, 0) is 6.42 Å². The van der Waals surface area contributed by atoms with E-state index in [9.17, 15) is 4.79 Å². The summed E-state index contributed by atoms with van der Waals surface area (Å²) in [6.45, 7) is 0.668. The first-order chi connectivity index (χ1) is 10.1. The van der Waals surface area contributed by atoms with Gasteiger partial charge >= 0.3 is 0 Å². The van der Waals surface area contributed by atoms with Crippen LogP contribution >= 0.6 is 15.9 Å². The molecule has 4 nitrogen and oxygen atoms in total. The van der Waals surface area contributed by atoms with Gasteiger partial charge in [0.1, 0.15) is 5.75 Å². The van der Waals surface area contributed by atoms with Crippen molar-refractivity contribution in [2.24, 2.45) is 0 Å². The Hall–Kier alpha value is -2.01. The van der Waals surface area contributed by atoms with Crippen LogP contribution in [0.2, 0.25) is 0 Å². The van der Waals surface area contributed by atoms with E-state index >= 15 is 0 Å². The van der Waals surface area contributed by atoms with Gasteiger partial charge in [0.15, 0.2) is 0 Å². The Bertz CT molecular complexity index is 715. The molecule has 0 radical (unpaired) electrons. The van der Waals surface area contributed by atoms with Crippen molar-refractivity contribution in [3.8, 4) is 5.75 Å². The van der Waals surface area contributed by atoms with Crippen LogP contribution in [-0.4, -0.2) is 19.6 Å². The minimum absolute atomic E-state index is 0.108. The average Bonchev–Trinajstić information content (AvgIpc) is 2.91. The molecule has 0 aliphatic carbocycles. The standard InChI is InChI=1S/C16H15BrN2O2/c1-21-13-7-6-11(17)14(15(13)18)16(20)19-9-8-10-4-2-3-5-12(10)19/h2-7H,8-9,18H2,1H3. The van der Waals surface area contributed by atoms with Crippen molar-refractivity contribution in [2.45, 2.75) is 6.42 Å². The summed E-state index contributed by atoms with van der Waals surface area (Å²) in [4.78, 5) is 14.6. The molecule has 21 heavy (non-hydrogen) atoms. The van der Waals surface area contributed by atoms with Crippen LogP contribution in [0.1, 0.15) is 15.9 Å². The van der Waals surface area contributed by atoms with Gasteiger partial charge in [0.05, 0.1) is 18.4 Å². The molecule has 1 aliphatic heterocycles. The fraction of sp³-hybridized carbons (Fsp3) is 0.188. The third kappa shape index (κ3) is 2.27. The summed E-state index contributed by atoms with van der Waals surface area (Å²) in [5, 5.41) is 0. The molecule has 1 amide bonds. The Morgan fingerprint density at radius 1 is 1.29 bits per heavy atom. The summed E-state index contributed by atoms with van der Waals surface area (Å²) >= 11 is 3.42. The van der Waals surface area contributed by atoms with Crippen molar-refractivity contribution >= 4 is 33.2 Å². The molecule has 2 N–H and O–H groups in total.